The number of ketones is 1. The van der Waals surface area contributed by atoms with Crippen LogP contribution in [-0.2, 0) is 30.3 Å². The number of amides is 1. The summed E-state index contributed by atoms with van der Waals surface area (Å²) in [7, 11) is 1.45. The van der Waals surface area contributed by atoms with Crippen LogP contribution in [0.2, 0.25) is 0 Å². The van der Waals surface area contributed by atoms with Crippen molar-refractivity contribution in [3.05, 3.63) is 81.7 Å². The second-order valence-electron chi connectivity index (χ2n) is 18.7. The van der Waals surface area contributed by atoms with Crippen LogP contribution >= 0.6 is 0 Å². The molecule has 0 radical (unpaired) electrons. The molecular weight excluding hydrogens is 847 g/mol. The van der Waals surface area contributed by atoms with Crippen LogP contribution in [0.5, 0.6) is 23.0 Å². The molecule has 66 heavy (non-hydrogen) atoms. The zero-order valence-electron chi connectivity index (χ0n) is 40.2. The Balaban J connectivity index is 1.48. The van der Waals surface area contributed by atoms with Crippen LogP contribution in [0.4, 0.5) is 11.4 Å². The van der Waals surface area contributed by atoms with Gasteiger partial charge in [0, 0.05) is 93.9 Å². The number of aryl methyl sites for hydroxylation is 3. The molecule has 1 saturated heterocycles. The van der Waals surface area contributed by atoms with E-state index in [1.54, 1.807) is 46.8 Å². The van der Waals surface area contributed by atoms with E-state index in [1.807, 2.05) is 4.90 Å². The molecule has 4 aliphatic heterocycles. The molecule has 6 N–H and O–H groups in total. The van der Waals surface area contributed by atoms with Crippen molar-refractivity contribution in [1.29, 1.82) is 0 Å². The number of phenols is 3. The molecule has 0 saturated carbocycles. The summed E-state index contributed by atoms with van der Waals surface area (Å²) in [4.78, 5) is 45.3. The fourth-order valence-electron chi connectivity index (χ4n) is 9.83. The Morgan fingerprint density at radius 3 is 2.11 bits per heavy atom. The normalized spacial score (nSPS) is 29.8. The van der Waals surface area contributed by atoms with Gasteiger partial charge in [-0.05, 0) is 57.4 Å². The van der Waals surface area contributed by atoms with Crippen molar-refractivity contribution in [2.24, 2.45) is 23.7 Å². The number of aromatic hydroxyl groups is 3. The van der Waals surface area contributed by atoms with E-state index in [0.29, 0.717) is 32.7 Å². The third kappa shape index (κ3) is 9.49. The van der Waals surface area contributed by atoms with Gasteiger partial charge in [-0.1, -0.05) is 63.6 Å². The van der Waals surface area contributed by atoms with E-state index in [2.05, 4.69) is 43.1 Å². The largest absolute Gasteiger partial charge is 0.507 e. The van der Waals surface area contributed by atoms with Crippen LogP contribution < -0.4 is 15.0 Å². The Bertz CT molecular complexity index is 2450. The van der Waals surface area contributed by atoms with Gasteiger partial charge < -0.3 is 54.7 Å². The fourth-order valence-corrected chi connectivity index (χ4v) is 9.83. The number of anilines is 2. The number of nitrogens with zero attached hydrogens (tertiary/aromatic N) is 2. The van der Waals surface area contributed by atoms with Crippen molar-refractivity contribution in [2.75, 3.05) is 43.5 Å². The number of ether oxygens (including phenoxy) is 4. The van der Waals surface area contributed by atoms with Gasteiger partial charge in [-0.15, -0.1) is 0 Å². The Morgan fingerprint density at radius 1 is 0.864 bits per heavy atom. The summed E-state index contributed by atoms with van der Waals surface area (Å²) in [5, 5.41) is 61.9. The first kappa shape index (κ1) is 49.8. The maximum atomic E-state index is 14.7. The zero-order valence-corrected chi connectivity index (χ0v) is 40.2. The SMILES string of the molecule is CO[C@H]1/C=C/O[C@@]2(C)Oc3c(C)c(O)c4c(O)c(c(N5CCN(Cc6c(C)cc(C)cc6C)CC5)c(O)c4c3C2=O)NC(=O)/C(C)=C\C=C\[C@H](C)[C@H](O)[C@@H](C)[C@@H](O)[C@@H](C)[C@H](OC(C)=O)[C@@H]1C. The van der Waals surface area contributed by atoms with Gasteiger partial charge in [-0.2, -0.15) is 0 Å². The van der Waals surface area contributed by atoms with E-state index in [1.165, 1.54) is 68.5 Å². The van der Waals surface area contributed by atoms with Gasteiger partial charge in [-0.25, -0.2) is 0 Å². The Morgan fingerprint density at radius 2 is 1.50 bits per heavy atom. The minimum Gasteiger partial charge on any atom is -0.507 e. The van der Waals surface area contributed by atoms with E-state index in [-0.39, 0.29) is 44.6 Å². The monoisotopic (exact) mass is 913 g/mol. The first-order chi connectivity index (χ1) is 31.0. The first-order valence-electron chi connectivity index (χ1n) is 22.6. The maximum Gasteiger partial charge on any atom is 0.312 e. The number of fused-ring (bicyclic) bond motifs is 14. The predicted molar refractivity (Wildman–Crippen MR) is 252 cm³/mol. The number of Topliss-reactive ketones (excluding diaryl/α,β-unsaturated/α-hetero) is 1. The quantitative estimate of drug-likeness (QED) is 0.0866. The van der Waals surface area contributed by atoms with Crippen molar-refractivity contribution >= 4 is 39.8 Å². The molecule has 0 aromatic heterocycles. The molecule has 9 atom stereocenters. The third-order valence-electron chi connectivity index (χ3n) is 13.9. The lowest BCUT2D eigenvalue weighted by Crippen LogP contribution is -2.46. The molecule has 3 aromatic rings. The molecule has 1 fully saturated rings. The highest BCUT2D eigenvalue weighted by Gasteiger charge is 2.50. The molecule has 15 heteroatoms. The number of aliphatic hydroxyl groups is 2. The van der Waals surface area contributed by atoms with E-state index in [0.717, 1.165) is 0 Å². The van der Waals surface area contributed by atoms with Crippen molar-refractivity contribution in [3.8, 4) is 23.0 Å². The molecular formula is C51H67N3O12. The second-order valence-corrected chi connectivity index (χ2v) is 18.7. The summed E-state index contributed by atoms with van der Waals surface area (Å²) in [5.74, 6) is -8.03. The van der Waals surface area contributed by atoms with Crippen LogP contribution in [0.15, 0.2) is 48.3 Å². The number of benzene rings is 3. The summed E-state index contributed by atoms with van der Waals surface area (Å²) in [6, 6.07) is 4.33. The summed E-state index contributed by atoms with van der Waals surface area (Å²) in [6.45, 7) is 21.5. The van der Waals surface area contributed by atoms with Crippen molar-refractivity contribution < 1.29 is 58.9 Å². The standard InChI is InChI=1S/C51H67N3O12/c1-25-22-28(4)35(29(5)23-25)24-53-17-19-54(20-18-53)41-40-45(59)38-37(46(41)60)39-48(33(9)44(38)58)66-51(11,49(39)61)64-21-16-36(63-12)30(6)47(65-34(10)55)32(8)43(57)31(7)42(56)26(2)14-13-15-27(3)50(62)52-40/h13-16,21-23,26,30-32,36,42-43,47,56-60H,17-20,24H2,1-12H3,(H,52,62)/b14-13+,21-16+,27-15-/t26-,30+,31+,32+,36-,42-,43+,47+,51-/m0/s1. The number of methoxy groups -OCH3 is 1. The first-order valence-corrected chi connectivity index (χ1v) is 22.6. The van der Waals surface area contributed by atoms with E-state index in [4.69, 9.17) is 18.9 Å². The molecule has 7 rings (SSSR count). The molecule has 1 amide bonds. The molecule has 3 aromatic carbocycles. The highest BCUT2D eigenvalue weighted by Crippen LogP contribution is 2.57. The Labute approximate surface area is 387 Å². The van der Waals surface area contributed by atoms with Gasteiger partial charge in [0.1, 0.15) is 34.7 Å². The van der Waals surface area contributed by atoms with Gasteiger partial charge >= 0.3 is 11.8 Å². The van der Waals surface area contributed by atoms with Crippen molar-refractivity contribution in [2.45, 2.75) is 113 Å². The van der Waals surface area contributed by atoms with Crippen LogP contribution in [0.25, 0.3) is 10.8 Å². The number of rotatable bonds is 5. The second kappa shape index (κ2) is 19.7. The minimum absolute atomic E-state index is 0.0546. The van der Waals surface area contributed by atoms with E-state index in [9.17, 15) is 39.9 Å². The molecule has 0 unspecified atom stereocenters. The number of piperazine rings is 1. The molecule has 358 valence electrons. The van der Waals surface area contributed by atoms with Gasteiger partial charge in [0.25, 0.3) is 11.7 Å². The van der Waals surface area contributed by atoms with Gasteiger partial charge in [0.15, 0.2) is 5.75 Å². The lowest BCUT2D eigenvalue weighted by Gasteiger charge is -2.38. The van der Waals surface area contributed by atoms with Crippen LogP contribution in [0.1, 0.15) is 86.6 Å². The average molecular weight is 914 g/mol. The Hall–Kier alpha value is -5.61. The van der Waals surface area contributed by atoms with Crippen LogP contribution in [-0.4, -0.2) is 112 Å². The van der Waals surface area contributed by atoms with Gasteiger partial charge in [0.05, 0.1) is 35.5 Å². The van der Waals surface area contributed by atoms with Crippen LogP contribution in [0, 0.1) is 51.4 Å². The molecule has 0 spiro atoms. The molecule has 5 bridgehead atoms. The molecule has 0 aliphatic carbocycles. The molecule has 4 heterocycles. The fraction of sp³-hybridized carbons (Fsp3) is 0.510. The number of esters is 1. The number of carbonyl (C=O) groups is 3. The number of aliphatic hydroxyl groups excluding tert-OH is 2. The smallest absolute Gasteiger partial charge is 0.312 e. The average Bonchev–Trinajstić information content (AvgIpc) is 3.53. The zero-order chi connectivity index (χ0) is 48.7. The molecule has 4 aliphatic rings. The minimum atomic E-state index is -2.04. The van der Waals surface area contributed by atoms with Gasteiger partial charge in [0.2, 0.25) is 0 Å². The predicted octanol–water partition coefficient (Wildman–Crippen LogP) is 7.00. The molecule has 15 nitrogen and oxygen atoms in total. The maximum absolute atomic E-state index is 14.7. The highest BCUT2D eigenvalue weighted by atomic mass is 16.7. The number of hydrogen-bond acceptors (Lipinski definition) is 14. The number of allylic oxidation sites excluding steroid dienone is 2. The number of nitrogens with one attached hydrogen (secondary N) is 1. The van der Waals surface area contributed by atoms with Gasteiger partial charge in [-0.3, -0.25) is 19.3 Å². The highest BCUT2D eigenvalue weighted by molar-refractivity contribution is 6.23. The summed E-state index contributed by atoms with van der Waals surface area (Å²) in [5.41, 5.74) is 4.85. The lowest BCUT2D eigenvalue weighted by molar-refractivity contribution is -0.160. The summed E-state index contributed by atoms with van der Waals surface area (Å²) >= 11 is 0. The number of carbonyl (C=O) groups excluding carboxylic acids is 3. The van der Waals surface area contributed by atoms with E-state index >= 15 is 0 Å². The lowest BCUT2D eigenvalue weighted by atomic mass is 9.78. The van der Waals surface area contributed by atoms with Crippen molar-refractivity contribution in [1.82, 2.24) is 4.90 Å². The van der Waals surface area contributed by atoms with E-state index < -0.39 is 88.8 Å². The number of hydrogen-bond donors (Lipinski definition) is 6. The van der Waals surface area contributed by atoms with Crippen LogP contribution in [0.3, 0.4) is 0 Å². The van der Waals surface area contributed by atoms with Crippen molar-refractivity contribution in [3.63, 3.8) is 0 Å². The summed E-state index contributed by atoms with van der Waals surface area (Å²) < 4.78 is 23.9. The number of phenolic OH excluding ortho intramolecular Hbond substituents is 3. The topological polar surface area (TPSA) is 208 Å². The Kier molecular flexibility index (Phi) is 14.9. The third-order valence-corrected chi connectivity index (χ3v) is 13.9. The summed E-state index contributed by atoms with van der Waals surface area (Å²) in [6.07, 6.45) is 3.71.